The van der Waals surface area contributed by atoms with E-state index in [1.54, 1.807) is 104 Å². The molecule has 0 bridgehead atoms. The van der Waals surface area contributed by atoms with Crippen molar-refractivity contribution in [3.63, 3.8) is 0 Å². The van der Waals surface area contributed by atoms with Gasteiger partial charge in [-0.25, -0.2) is 9.78 Å². The fourth-order valence-corrected chi connectivity index (χ4v) is 9.70. The first-order chi connectivity index (χ1) is 38.2. The number of primary amides is 1. The molecule has 2 aromatic heterocycles. The molecule has 3 heterocycles. The van der Waals surface area contributed by atoms with Crippen LogP contribution >= 0.6 is 24.4 Å². The zero-order valence-electron chi connectivity index (χ0n) is 47.1. The first kappa shape index (κ1) is 66.6. The Morgan fingerprint density at radius 3 is 2.06 bits per heavy atom. The van der Waals surface area contributed by atoms with Gasteiger partial charge in [0, 0.05) is 76.0 Å². The van der Waals surface area contributed by atoms with Crippen LogP contribution in [-0.2, 0) is 25.7 Å². The van der Waals surface area contributed by atoms with Crippen LogP contribution in [0.15, 0.2) is 120 Å². The minimum absolute atomic E-state index is 0. The molecule has 7 amide bonds. The summed E-state index contributed by atoms with van der Waals surface area (Å²) in [7, 11) is 3.81. The number of thioether (sulfide) groups is 1. The predicted molar refractivity (Wildman–Crippen MR) is 316 cm³/mol. The number of nitrogens with one attached hydrogen (secondary N) is 6. The summed E-state index contributed by atoms with van der Waals surface area (Å²) in [5.74, 6) is -3.58. The summed E-state index contributed by atoms with van der Waals surface area (Å²) in [6.45, 7) is 8.89. The molecule has 20 nitrogen and oxygen atoms in total. The number of carbonyl (C=O) groups excluding carboxylic acids is 7. The Bertz CT molecular complexity index is 3250. The molecule has 0 radical (unpaired) electrons. The molecule has 0 spiro atoms. The van der Waals surface area contributed by atoms with Crippen LogP contribution in [0.5, 0.6) is 0 Å². The number of carbonyl (C=O) groups is 7. The number of piperidine rings is 1. The molecule has 2 atom stereocenters. The molecule has 7 rings (SSSR count). The third-order valence-electron chi connectivity index (χ3n) is 12.7. The molecule has 6 aromatic rings. The Hall–Kier alpha value is -6.23. The van der Waals surface area contributed by atoms with Crippen LogP contribution in [0, 0.1) is 19.2 Å². The van der Waals surface area contributed by atoms with Gasteiger partial charge in [0.1, 0.15) is 17.7 Å². The molecule has 1 fully saturated rings. The van der Waals surface area contributed by atoms with Crippen LogP contribution in [0.25, 0.3) is 5.65 Å². The Morgan fingerprint density at radius 2 is 1.43 bits per heavy atom. The van der Waals surface area contributed by atoms with Gasteiger partial charge in [0.2, 0.25) is 23.6 Å². The van der Waals surface area contributed by atoms with Gasteiger partial charge in [-0.3, -0.25) is 28.8 Å². The molecule has 82 heavy (non-hydrogen) atoms. The second kappa shape index (κ2) is 31.4. The van der Waals surface area contributed by atoms with Gasteiger partial charge in [-0.1, -0.05) is 63.7 Å². The van der Waals surface area contributed by atoms with Crippen molar-refractivity contribution in [1.29, 1.82) is 0 Å². The van der Waals surface area contributed by atoms with Gasteiger partial charge in [-0.05, 0) is 123 Å². The summed E-state index contributed by atoms with van der Waals surface area (Å²) in [6.07, 6.45) is 5.31. The zero-order valence-corrected chi connectivity index (χ0v) is 55.1. The van der Waals surface area contributed by atoms with Crippen molar-refractivity contribution >= 4 is 100 Å². The molecule has 0 saturated carbocycles. The van der Waals surface area contributed by atoms with Crippen LogP contribution < -0.4 is 107 Å². The Morgan fingerprint density at radius 1 is 0.817 bits per heavy atom. The average molecular weight is 1280 g/mol. The fourth-order valence-electron chi connectivity index (χ4n) is 8.31. The first-order valence-corrected chi connectivity index (χ1v) is 27.2. The summed E-state index contributed by atoms with van der Waals surface area (Å²) >= 11 is 5.70. The van der Waals surface area contributed by atoms with Crippen molar-refractivity contribution in [1.82, 2.24) is 35.0 Å². The number of hydrogen-bond acceptors (Lipinski definition) is 14. The van der Waals surface area contributed by atoms with Crippen LogP contribution in [-0.4, -0.2) is 116 Å². The molecule has 24 heteroatoms. The smallest absolute Gasteiger partial charge is 0.445 e. The monoisotopic (exact) mass is 1280 g/mol. The first-order valence-electron chi connectivity index (χ1n) is 25.9. The number of halogens is 1. The van der Waals surface area contributed by atoms with Gasteiger partial charge in [0.25, 0.3) is 11.8 Å². The van der Waals surface area contributed by atoms with E-state index in [2.05, 4.69) is 49.6 Å². The Kier molecular flexibility index (Phi) is 25.5. The number of anilines is 5. The third kappa shape index (κ3) is 18.9. The summed E-state index contributed by atoms with van der Waals surface area (Å²) in [5.41, 5.74) is 10.1. The number of aromatic nitrogens is 3. The van der Waals surface area contributed by atoms with E-state index in [1.165, 1.54) is 46.6 Å². The van der Waals surface area contributed by atoms with Crippen molar-refractivity contribution in [3.8, 4) is 0 Å². The number of nitrogens with zero attached hydrogens (tertiary/aromatic N) is 5. The molecule has 8 N–H and O–H groups in total. The van der Waals surface area contributed by atoms with Gasteiger partial charge < -0.3 is 59.6 Å². The van der Waals surface area contributed by atoms with E-state index < -0.39 is 47.0 Å². The third-order valence-corrected chi connectivity index (χ3v) is 14.3. The number of hydrogen-bond donors (Lipinski definition) is 8. The summed E-state index contributed by atoms with van der Waals surface area (Å²) in [4.78, 5) is 97.4. The number of benzene rings is 4. The van der Waals surface area contributed by atoms with Crippen LogP contribution in [0.3, 0.4) is 0 Å². The standard InChI is InChI=1S/C57H65FN12O8S2.CH3.Cs/c1-33(2)44-31-60-70-51(44)67-56(48(58)52(70)63-41-9-7-10-42(29-41)64-53(74)38-18-22-40(23-19-38)61-45(71)11-8-26-68(5)6)80-43-24-27-69(28-25-43)57(77)78-32-35-12-20-39(21-13-35)62-46(72)30-47(79)65-55(76)49(34(3)4)66-54(75)37-16-14-36(15-17-37)50(59)73;;/h7-23,29,31,33-34,43,47,49,63,79H,24-28,30,32H2,1-6H3,(H2,59,73)(H,61,71)(H,62,72)(H,64,74)(H,65,76)(H,66,75);1H3;/q;-1;+1/b11-8+;;. The average Bonchev–Trinajstić information content (AvgIpc) is 4.11. The van der Waals surface area contributed by atoms with E-state index in [9.17, 15) is 33.6 Å². The number of nitrogens with two attached hydrogens (primary N) is 1. The number of fused-ring (bicyclic) bond motifs is 1. The van der Waals surface area contributed by atoms with E-state index in [4.69, 9.17) is 15.5 Å². The van der Waals surface area contributed by atoms with Crippen molar-refractivity contribution < 1.29 is 112 Å². The summed E-state index contributed by atoms with van der Waals surface area (Å²) in [5, 5.41) is 20.7. The van der Waals surface area contributed by atoms with Crippen LogP contribution in [0.1, 0.15) is 95.1 Å². The minimum Gasteiger partial charge on any atom is -0.445 e. The van der Waals surface area contributed by atoms with Gasteiger partial charge in [0.15, 0.2) is 17.3 Å². The maximum absolute atomic E-state index is 16.7. The number of ether oxygens (including phenoxy) is 1. The number of amides is 7. The maximum atomic E-state index is 16.7. The Labute approximate surface area is 545 Å². The summed E-state index contributed by atoms with van der Waals surface area (Å²) < 4.78 is 23.8. The number of likely N-dealkylation sites (N-methyl/N-ethyl adjacent to an activating group) is 1. The second-order valence-corrected chi connectivity index (χ2v) is 21.8. The molecular formula is C58H68CsFN12O8S2. The maximum Gasteiger partial charge on any atom is 1.00 e. The molecule has 1 saturated heterocycles. The van der Waals surface area contributed by atoms with Gasteiger partial charge in [-0.15, -0.1) is 0 Å². The Balaban J connectivity index is 0.00000616. The van der Waals surface area contributed by atoms with E-state index in [0.29, 0.717) is 72.0 Å². The van der Waals surface area contributed by atoms with Crippen LogP contribution in [0.2, 0.25) is 0 Å². The topological polar surface area (TPSA) is 264 Å². The molecule has 4 aromatic carbocycles. The van der Waals surface area contributed by atoms with E-state index >= 15 is 4.39 Å². The zero-order chi connectivity index (χ0) is 57.6. The molecule has 0 aliphatic carbocycles. The second-order valence-electron chi connectivity index (χ2n) is 19.9. The predicted octanol–water partition coefficient (Wildman–Crippen LogP) is 5.65. The summed E-state index contributed by atoms with van der Waals surface area (Å²) in [6, 6.07) is 24.9. The molecule has 1 aliphatic heterocycles. The molecule has 2 unspecified atom stereocenters. The van der Waals surface area contributed by atoms with Crippen LogP contribution in [0.4, 0.5) is 37.8 Å². The largest absolute Gasteiger partial charge is 1.00 e. The van der Waals surface area contributed by atoms with E-state index in [1.807, 2.05) is 32.8 Å². The fraction of sp³-hybridized carbons (Fsp3) is 0.310. The van der Waals surface area contributed by atoms with E-state index in [-0.39, 0.29) is 140 Å². The minimum atomic E-state index is -0.939. The van der Waals surface area contributed by atoms with Gasteiger partial charge in [0.05, 0.1) is 18.0 Å². The van der Waals surface area contributed by atoms with Crippen molar-refractivity contribution in [3.05, 3.63) is 156 Å². The number of likely N-dealkylation sites (tertiary alicyclic amines) is 1. The van der Waals surface area contributed by atoms with Gasteiger partial charge in [-0.2, -0.15) is 26.6 Å². The van der Waals surface area contributed by atoms with Crippen molar-refractivity contribution in [2.45, 2.75) is 81.2 Å². The van der Waals surface area contributed by atoms with E-state index in [0.717, 1.165) is 5.56 Å². The molecular weight excluding hydrogens is 1210 g/mol. The SMILES string of the molecule is CC(C)c1cnn2c(Nc3cccc(NC(=O)c4ccc(NC(=O)/C=C/CN(C)C)cc4)c3)c(F)c(SC3CCN(C(=O)OCc4ccc(NC(=O)CC(S)NC(=O)C(NC(=O)c5ccc(C(N)=O)cc5)C(C)C)cc4)CC3)nc12.[CH3-].[Cs+]. The van der Waals surface area contributed by atoms with Crippen molar-refractivity contribution in [2.75, 3.05) is 55.0 Å². The molecule has 1 aliphatic rings. The molecule has 428 valence electrons. The quantitative estimate of drug-likeness (QED) is 0.0135. The normalized spacial score (nSPS) is 13.2. The van der Waals surface area contributed by atoms with Gasteiger partial charge >= 0.3 is 75.0 Å². The number of rotatable bonds is 22. The van der Waals surface area contributed by atoms with Crippen molar-refractivity contribution in [2.24, 2.45) is 11.7 Å². The number of thiol groups is 1.